The van der Waals surface area contributed by atoms with Crippen molar-refractivity contribution in [3.8, 4) is 0 Å². The van der Waals surface area contributed by atoms with Gasteiger partial charge in [-0.05, 0) is 36.0 Å². The fourth-order valence-electron chi connectivity index (χ4n) is 2.47. The second-order valence-corrected chi connectivity index (χ2v) is 10.8. The van der Waals surface area contributed by atoms with Crippen LogP contribution in [0, 0.1) is 5.92 Å². The van der Waals surface area contributed by atoms with E-state index in [1.54, 1.807) is 24.3 Å². The first kappa shape index (κ1) is 21.5. The molecule has 0 amide bonds. The first-order chi connectivity index (χ1) is 12.4. The zero-order valence-electron chi connectivity index (χ0n) is 16.0. The minimum absolute atomic E-state index is 0.0773. The van der Waals surface area contributed by atoms with Gasteiger partial charge in [0.15, 0.2) is 0 Å². The Morgan fingerprint density at radius 2 is 1.59 bits per heavy atom. The quantitative estimate of drug-likeness (QED) is 0.704. The van der Waals surface area contributed by atoms with E-state index < -0.39 is 31.1 Å². The minimum Gasteiger partial charge on any atom is -0.411 e. The lowest BCUT2D eigenvalue weighted by Gasteiger charge is -2.17. The highest BCUT2D eigenvalue weighted by Crippen LogP contribution is 2.25. The highest BCUT2D eigenvalue weighted by atomic mass is 32.2. The maximum absolute atomic E-state index is 12.8. The molecular weight excluding hydrogens is 390 g/mol. The number of nitrogens with zero attached hydrogens (tertiary/aromatic N) is 2. The van der Waals surface area contributed by atoms with Crippen molar-refractivity contribution in [2.75, 3.05) is 6.26 Å². The minimum atomic E-state index is -3.85. The summed E-state index contributed by atoms with van der Waals surface area (Å²) in [6.45, 7) is 7.86. The van der Waals surface area contributed by atoms with E-state index in [2.05, 4.69) is 14.9 Å². The molecule has 2 aromatic rings. The van der Waals surface area contributed by atoms with Gasteiger partial charge in [0.25, 0.3) is 0 Å². The maximum Gasteiger partial charge on any atom is 0.335 e. The van der Waals surface area contributed by atoms with Crippen LogP contribution >= 0.6 is 0 Å². The van der Waals surface area contributed by atoms with Crippen LogP contribution < -0.4 is 4.72 Å². The third-order valence-electron chi connectivity index (χ3n) is 3.90. The van der Waals surface area contributed by atoms with Gasteiger partial charge in [0.1, 0.15) is 6.04 Å². The lowest BCUT2D eigenvalue weighted by Crippen LogP contribution is -2.30. The van der Waals surface area contributed by atoms with Gasteiger partial charge >= 0.3 is 5.22 Å². The lowest BCUT2D eigenvalue weighted by atomic mass is 10.0. The molecule has 1 N–H and O–H groups in total. The number of hydrogen-bond donors (Lipinski definition) is 1. The maximum atomic E-state index is 12.8. The average Bonchev–Trinajstić information content (AvgIpc) is 3.04. The zero-order valence-corrected chi connectivity index (χ0v) is 17.6. The van der Waals surface area contributed by atoms with E-state index in [1.807, 2.05) is 27.7 Å². The fraction of sp³-hybridized carbons (Fsp3) is 0.529. The summed E-state index contributed by atoms with van der Waals surface area (Å²) in [6, 6.07) is 5.79. The summed E-state index contributed by atoms with van der Waals surface area (Å²) >= 11 is 0. The van der Waals surface area contributed by atoms with Crippen molar-refractivity contribution >= 4 is 19.9 Å². The van der Waals surface area contributed by atoms with Gasteiger partial charge in [0.05, 0.1) is 4.90 Å². The molecule has 0 aliphatic carbocycles. The molecule has 0 fully saturated rings. The largest absolute Gasteiger partial charge is 0.411 e. The van der Waals surface area contributed by atoms with Crippen LogP contribution in [-0.4, -0.2) is 33.3 Å². The molecule has 0 saturated carbocycles. The number of sulfonamides is 1. The zero-order chi connectivity index (χ0) is 20.4. The summed E-state index contributed by atoms with van der Waals surface area (Å²) in [6.07, 6.45) is 1.32. The number of hydrogen-bond acceptors (Lipinski definition) is 7. The molecular formula is C17H25N3O5S2. The Labute approximate surface area is 160 Å². The van der Waals surface area contributed by atoms with E-state index in [0.717, 1.165) is 11.8 Å². The van der Waals surface area contributed by atoms with E-state index in [1.165, 1.54) is 0 Å². The summed E-state index contributed by atoms with van der Waals surface area (Å²) in [5, 5.41) is 6.70. The third-order valence-corrected chi connectivity index (χ3v) is 6.19. The Bertz CT molecular complexity index is 978. The molecule has 2 rings (SSSR count). The van der Waals surface area contributed by atoms with Gasteiger partial charge < -0.3 is 4.42 Å². The number of benzene rings is 1. The molecule has 8 nitrogen and oxygen atoms in total. The van der Waals surface area contributed by atoms with Gasteiger partial charge in [-0.3, -0.25) is 0 Å². The van der Waals surface area contributed by atoms with Gasteiger partial charge in [-0.2, -0.15) is 4.72 Å². The molecule has 1 heterocycles. The average molecular weight is 416 g/mol. The van der Waals surface area contributed by atoms with Crippen molar-refractivity contribution in [2.45, 2.75) is 56.2 Å². The Kier molecular flexibility index (Phi) is 6.43. The second kappa shape index (κ2) is 8.07. The molecule has 0 aliphatic heterocycles. The number of rotatable bonds is 8. The van der Waals surface area contributed by atoms with Crippen LogP contribution in [0.25, 0.3) is 0 Å². The van der Waals surface area contributed by atoms with Crippen LogP contribution in [0.3, 0.4) is 0 Å². The molecule has 1 aromatic heterocycles. The molecule has 150 valence electrons. The topological polar surface area (TPSA) is 119 Å². The molecule has 0 radical (unpaired) electrons. The molecule has 27 heavy (non-hydrogen) atoms. The standard InChI is InChI=1S/C17H25N3O5S2/c1-11(2)10-15(16-18-19-17(25-16)26(5,21)22)20-27(23,24)14-8-6-13(7-9-14)12(3)4/h6-9,11-12,15,20H,10H2,1-5H3/t15-/m0/s1. The van der Waals surface area contributed by atoms with Crippen molar-refractivity contribution in [2.24, 2.45) is 5.92 Å². The normalized spacial score (nSPS) is 14.0. The van der Waals surface area contributed by atoms with E-state index in [4.69, 9.17) is 4.42 Å². The molecule has 0 aliphatic rings. The summed E-state index contributed by atoms with van der Waals surface area (Å²) in [7, 11) is -7.52. The smallest absolute Gasteiger partial charge is 0.335 e. The van der Waals surface area contributed by atoms with Crippen LogP contribution in [-0.2, 0) is 19.9 Å². The van der Waals surface area contributed by atoms with E-state index in [9.17, 15) is 16.8 Å². The fourth-order valence-corrected chi connectivity index (χ4v) is 4.10. The monoisotopic (exact) mass is 415 g/mol. The van der Waals surface area contributed by atoms with E-state index in [0.29, 0.717) is 6.42 Å². The van der Waals surface area contributed by atoms with Gasteiger partial charge in [0, 0.05) is 6.26 Å². The summed E-state index contributed by atoms with van der Waals surface area (Å²) < 4.78 is 56.4. The highest BCUT2D eigenvalue weighted by Gasteiger charge is 2.28. The molecule has 0 bridgehead atoms. The molecule has 10 heteroatoms. The van der Waals surface area contributed by atoms with Crippen LogP contribution in [0.1, 0.15) is 57.5 Å². The third kappa shape index (κ3) is 5.60. The van der Waals surface area contributed by atoms with E-state index in [-0.39, 0.29) is 22.6 Å². The van der Waals surface area contributed by atoms with Crippen LogP contribution in [0.5, 0.6) is 0 Å². The van der Waals surface area contributed by atoms with Crippen molar-refractivity contribution in [3.05, 3.63) is 35.7 Å². The number of nitrogens with one attached hydrogen (secondary N) is 1. The lowest BCUT2D eigenvalue weighted by molar-refractivity contribution is 0.340. The van der Waals surface area contributed by atoms with Crippen molar-refractivity contribution in [1.29, 1.82) is 0 Å². The van der Waals surface area contributed by atoms with Crippen molar-refractivity contribution in [3.63, 3.8) is 0 Å². The first-order valence-corrected chi connectivity index (χ1v) is 11.9. The van der Waals surface area contributed by atoms with Gasteiger partial charge in [0.2, 0.25) is 25.8 Å². The second-order valence-electron chi connectivity index (χ2n) is 7.21. The van der Waals surface area contributed by atoms with Crippen molar-refractivity contribution < 1.29 is 21.3 Å². The molecule has 0 saturated heterocycles. The Balaban J connectivity index is 2.33. The Morgan fingerprint density at radius 1 is 1.00 bits per heavy atom. The summed E-state index contributed by atoms with van der Waals surface area (Å²) in [5.74, 6) is 0.317. The molecule has 0 unspecified atom stereocenters. The van der Waals surface area contributed by atoms with Crippen LogP contribution in [0.4, 0.5) is 0 Å². The SMILES string of the molecule is CC(C)C[C@H](NS(=O)(=O)c1ccc(C(C)C)cc1)c1nnc(S(C)(=O)=O)o1. The number of sulfone groups is 1. The van der Waals surface area contributed by atoms with Gasteiger partial charge in [-0.1, -0.05) is 44.9 Å². The van der Waals surface area contributed by atoms with Crippen LogP contribution in [0.15, 0.2) is 38.8 Å². The number of aromatic nitrogens is 2. The Hall–Kier alpha value is -1.78. The summed E-state index contributed by atoms with van der Waals surface area (Å²) in [4.78, 5) is 0.114. The highest BCUT2D eigenvalue weighted by molar-refractivity contribution is 7.90. The Morgan fingerprint density at radius 3 is 2.04 bits per heavy atom. The molecule has 1 aromatic carbocycles. The predicted octanol–water partition coefficient (Wildman–Crippen LogP) is 2.66. The molecule has 1 atom stereocenters. The van der Waals surface area contributed by atoms with E-state index >= 15 is 0 Å². The predicted molar refractivity (Wildman–Crippen MR) is 100 cm³/mol. The van der Waals surface area contributed by atoms with Gasteiger partial charge in [-0.15, -0.1) is 5.10 Å². The molecule has 0 spiro atoms. The first-order valence-electron chi connectivity index (χ1n) is 8.56. The van der Waals surface area contributed by atoms with Crippen LogP contribution in [0.2, 0.25) is 0 Å². The van der Waals surface area contributed by atoms with Gasteiger partial charge in [-0.25, -0.2) is 16.8 Å². The van der Waals surface area contributed by atoms with Crippen molar-refractivity contribution in [1.82, 2.24) is 14.9 Å². The summed E-state index contributed by atoms with van der Waals surface area (Å²) in [5.41, 5.74) is 1.03.